The van der Waals surface area contributed by atoms with Crippen molar-refractivity contribution in [3.8, 4) is 11.3 Å². The topological polar surface area (TPSA) is 88.4 Å². The number of amides is 1. The van der Waals surface area contributed by atoms with Crippen LogP contribution in [0.1, 0.15) is 29.6 Å². The number of nitro benzene ring substituents is 1. The molecular weight excluding hydrogens is 459 g/mol. The molecule has 1 aromatic heterocycles. The molecular formula is C21H18Cl2N4O3S. The zero-order valence-electron chi connectivity index (χ0n) is 16.3. The van der Waals surface area contributed by atoms with Crippen LogP contribution in [0.5, 0.6) is 0 Å². The molecule has 1 amide bonds. The number of benzene rings is 2. The van der Waals surface area contributed by atoms with Crippen LogP contribution in [0.2, 0.25) is 10.0 Å². The lowest BCUT2D eigenvalue weighted by Crippen LogP contribution is -2.31. The molecule has 3 aromatic rings. The molecule has 0 unspecified atom stereocenters. The third-order valence-corrected chi connectivity index (χ3v) is 6.57. The lowest BCUT2D eigenvalue weighted by Gasteiger charge is -2.30. The van der Waals surface area contributed by atoms with Crippen LogP contribution in [-0.2, 0) is 0 Å². The average Bonchev–Trinajstić information content (AvgIpc) is 3.24. The first-order valence-electron chi connectivity index (χ1n) is 9.68. The zero-order valence-corrected chi connectivity index (χ0v) is 18.6. The molecule has 7 nitrogen and oxygen atoms in total. The Bertz CT molecular complexity index is 1150. The summed E-state index contributed by atoms with van der Waals surface area (Å²) >= 11 is 13.3. The summed E-state index contributed by atoms with van der Waals surface area (Å²) in [6, 6.07) is 9.61. The fraction of sp³-hybridized carbons (Fsp3) is 0.238. The number of piperidine rings is 1. The van der Waals surface area contributed by atoms with Crippen molar-refractivity contribution in [3.63, 3.8) is 0 Å². The molecule has 0 aliphatic carbocycles. The van der Waals surface area contributed by atoms with Gasteiger partial charge >= 0.3 is 0 Å². The molecule has 4 rings (SSSR count). The van der Waals surface area contributed by atoms with E-state index >= 15 is 0 Å². The molecule has 0 radical (unpaired) electrons. The Labute approximate surface area is 192 Å². The van der Waals surface area contributed by atoms with Gasteiger partial charge in [0.15, 0.2) is 5.13 Å². The molecule has 0 bridgehead atoms. The van der Waals surface area contributed by atoms with Crippen LogP contribution in [0.3, 0.4) is 0 Å². The molecule has 1 N–H and O–H groups in total. The van der Waals surface area contributed by atoms with E-state index in [2.05, 4.69) is 15.2 Å². The highest BCUT2D eigenvalue weighted by Gasteiger charge is 2.22. The van der Waals surface area contributed by atoms with Crippen LogP contribution in [0.4, 0.5) is 16.5 Å². The minimum atomic E-state index is -0.497. The van der Waals surface area contributed by atoms with Crippen LogP contribution in [-0.4, -0.2) is 28.9 Å². The summed E-state index contributed by atoms with van der Waals surface area (Å²) in [7, 11) is 0. The second kappa shape index (κ2) is 9.21. The van der Waals surface area contributed by atoms with Crippen molar-refractivity contribution >= 4 is 57.0 Å². The van der Waals surface area contributed by atoms with Crippen molar-refractivity contribution in [2.45, 2.75) is 19.3 Å². The zero-order chi connectivity index (χ0) is 22.0. The van der Waals surface area contributed by atoms with E-state index in [0.29, 0.717) is 26.6 Å². The van der Waals surface area contributed by atoms with Gasteiger partial charge in [-0.15, -0.1) is 11.3 Å². The molecule has 0 saturated carbocycles. The fourth-order valence-corrected chi connectivity index (χ4v) is 4.53. The first-order chi connectivity index (χ1) is 14.9. The minimum Gasteiger partial charge on any atom is -0.371 e. The molecule has 0 spiro atoms. The van der Waals surface area contributed by atoms with E-state index in [9.17, 15) is 14.9 Å². The fourth-order valence-electron chi connectivity index (χ4n) is 3.51. The largest absolute Gasteiger partial charge is 0.371 e. The van der Waals surface area contributed by atoms with Crippen LogP contribution in [0.25, 0.3) is 11.3 Å². The highest BCUT2D eigenvalue weighted by atomic mass is 35.5. The van der Waals surface area contributed by atoms with Crippen LogP contribution < -0.4 is 10.2 Å². The molecule has 2 heterocycles. The number of nitrogens with zero attached hydrogens (tertiary/aromatic N) is 3. The number of anilines is 2. The van der Waals surface area contributed by atoms with Crippen molar-refractivity contribution < 1.29 is 9.72 Å². The Hall–Kier alpha value is -2.68. The molecule has 1 aliphatic heterocycles. The van der Waals surface area contributed by atoms with E-state index in [-0.39, 0.29) is 11.3 Å². The highest BCUT2D eigenvalue weighted by Crippen LogP contribution is 2.32. The first kappa shape index (κ1) is 21.5. The van der Waals surface area contributed by atoms with Crippen LogP contribution in [0, 0.1) is 10.1 Å². The van der Waals surface area contributed by atoms with Crippen LogP contribution >= 0.6 is 34.5 Å². The Morgan fingerprint density at radius 2 is 1.87 bits per heavy atom. The van der Waals surface area contributed by atoms with Gasteiger partial charge in [0.25, 0.3) is 11.6 Å². The van der Waals surface area contributed by atoms with Crippen molar-refractivity contribution in [2.75, 3.05) is 23.3 Å². The van der Waals surface area contributed by atoms with Gasteiger partial charge in [-0.05, 0) is 37.5 Å². The van der Waals surface area contributed by atoms with Crippen molar-refractivity contribution in [2.24, 2.45) is 0 Å². The predicted octanol–water partition coefficient (Wildman–Crippen LogP) is 6.27. The summed E-state index contributed by atoms with van der Waals surface area (Å²) in [6.45, 7) is 1.63. The first-order valence-corrected chi connectivity index (χ1v) is 11.3. The SMILES string of the molecule is O=C(Nc1nc(-c2ccc(Cl)c(Cl)c2)cs1)c1cc([N+](=O)[O-])ccc1N1CCCCC1. The number of carbonyl (C=O) groups is 1. The Kier molecular flexibility index (Phi) is 6.41. The lowest BCUT2D eigenvalue weighted by molar-refractivity contribution is -0.384. The Balaban J connectivity index is 1.60. The van der Waals surface area contributed by atoms with E-state index in [1.165, 1.54) is 23.5 Å². The van der Waals surface area contributed by atoms with Gasteiger partial charge in [0, 0.05) is 36.2 Å². The van der Waals surface area contributed by atoms with Crippen molar-refractivity contribution in [3.05, 3.63) is 67.5 Å². The van der Waals surface area contributed by atoms with E-state index in [1.807, 2.05) is 0 Å². The number of rotatable bonds is 5. The Morgan fingerprint density at radius 3 is 2.58 bits per heavy atom. The molecule has 2 aromatic carbocycles. The number of halogens is 2. The maximum Gasteiger partial charge on any atom is 0.270 e. The van der Waals surface area contributed by atoms with Gasteiger partial charge < -0.3 is 4.90 Å². The standard InChI is InChI=1S/C21H18Cl2N4O3S/c22-16-6-4-13(10-17(16)23)18-12-31-21(24-18)25-20(28)15-11-14(27(29)30)5-7-19(15)26-8-2-1-3-9-26/h4-7,10-12H,1-3,8-9H2,(H,24,25,28). The summed E-state index contributed by atoms with van der Waals surface area (Å²) < 4.78 is 0. The summed E-state index contributed by atoms with van der Waals surface area (Å²) in [4.78, 5) is 30.4. The molecule has 160 valence electrons. The van der Waals surface area contributed by atoms with Gasteiger partial charge in [0.2, 0.25) is 0 Å². The molecule has 0 atom stereocenters. The van der Waals surface area contributed by atoms with E-state index in [4.69, 9.17) is 23.2 Å². The van der Waals surface area contributed by atoms with Gasteiger partial charge in [-0.3, -0.25) is 20.2 Å². The third kappa shape index (κ3) is 4.81. The molecule has 1 fully saturated rings. The normalized spacial score (nSPS) is 13.8. The number of non-ortho nitro benzene ring substituents is 1. The maximum atomic E-state index is 13.1. The molecule has 1 aliphatic rings. The molecule has 10 heteroatoms. The second-order valence-electron chi connectivity index (χ2n) is 7.13. The second-order valence-corrected chi connectivity index (χ2v) is 8.80. The van der Waals surface area contributed by atoms with E-state index < -0.39 is 10.8 Å². The predicted molar refractivity (Wildman–Crippen MR) is 125 cm³/mol. The van der Waals surface area contributed by atoms with Gasteiger partial charge in [-0.2, -0.15) is 0 Å². The summed E-state index contributed by atoms with van der Waals surface area (Å²) in [5.41, 5.74) is 2.26. The van der Waals surface area contributed by atoms with Gasteiger partial charge in [0.1, 0.15) is 0 Å². The molecule has 1 saturated heterocycles. The van der Waals surface area contributed by atoms with Gasteiger partial charge in [-0.1, -0.05) is 29.3 Å². The third-order valence-electron chi connectivity index (χ3n) is 5.07. The van der Waals surface area contributed by atoms with Gasteiger partial charge in [-0.25, -0.2) is 4.98 Å². The number of nitro groups is 1. The number of hydrogen-bond acceptors (Lipinski definition) is 6. The summed E-state index contributed by atoms with van der Waals surface area (Å²) in [6.07, 6.45) is 3.19. The summed E-state index contributed by atoms with van der Waals surface area (Å²) in [5.74, 6) is -0.431. The van der Waals surface area contributed by atoms with Gasteiger partial charge in [0.05, 0.1) is 31.9 Å². The average molecular weight is 477 g/mol. The number of nitrogens with one attached hydrogen (secondary N) is 1. The minimum absolute atomic E-state index is 0.124. The van der Waals surface area contributed by atoms with Crippen LogP contribution in [0.15, 0.2) is 41.8 Å². The number of thiazole rings is 1. The van der Waals surface area contributed by atoms with Crippen molar-refractivity contribution in [1.82, 2.24) is 4.98 Å². The smallest absolute Gasteiger partial charge is 0.270 e. The number of carbonyl (C=O) groups excluding carboxylic acids is 1. The van der Waals surface area contributed by atoms with Crippen molar-refractivity contribution in [1.29, 1.82) is 0 Å². The number of hydrogen-bond donors (Lipinski definition) is 1. The highest BCUT2D eigenvalue weighted by molar-refractivity contribution is 7.14. The van der Waals surface area contributed by atoms with E-state index in [0.717, 1.165) is 37.9 Å². The quantitative estimate of drug-likeness (QED) is 0.346. The molecule has 31 heavy (non-hydrogen) atoms. The lowest BCUT2D eigenvalue weighted by atomic mass is 10.1. The Morgan fingerprint density at radius 1 is 1.10 bits per heavy atom. The number of aromatic nitrogens is 1. The maximum absolute atomic E-state index is 13.1. The monoisotopic (exact) mass is 476 g/mol. The summed E-state index contributed by atoms with van der Waals surface area (Å²) in [5, 5.41) is 17.1. The van der Waals surface area contributed by atoms with E-state index in [1.54, 1.807) is 29.6 Å².